The Morgan fingerprint density at radius 3 is 2.75 bits per heavy atom. The van der Waals surface area contributed by atoms with Gasteiger partial charge in [-0.25, -0.2) is 9.37 Å². The van der Waals surface area contributed by atoms with E-state index in [1.165, 1.54) is 38.2 Å². The Morgan fingerprint density at radius 2 is 1.96 bits per heavy atom. The lowest BCUT2D eigenvalue weighted by Gasteiger charge is -2.24. The highest BCUT2D eigenvalue weighted by Crippen LogP contribution is 2.32. The van der Waals surface area contributed by atoms with Gasteiger partial charge in [-0.3, -0.25) is 4.40 Å². The second-order valence-electron chi connectivity index (χ2n) is 6.37. The van der Waals surface area contributed by atoms with Crippen LogP contribution in [0.25, 0.3) is 16.9 Å². The summed E-state index contributed by atoms with van der Waals surface area (Å²) in [5.41, 5.74) is 2.46. The number of nitrogens with zero attached hydrogens (tertiary/aromatic N) is 2. The molecule has 0 bridgehead atoms. The van der Waals surface area contributed by atoms with Gasteiger partial charge in [0, 0.05) is 22.3 Å². The zero-order chi connectivity index (χ0) is 16.5. The van der Waals surface area contributed by atoms with Crippen LogP contribution in [0.1, 0.15) is 32.1 Å². The van der Waals surface area contributed by atoms with Crippen LogP contribution in [0.2, 0.25) is 0 Å². The van der Waals surface area contributed by atoms with Gasteiger partial charge < -0.3 is 5.32 Å². The molecule has 0 radical (unpaired) electrons. The zero-order valence-corrected chi connectivity index (χ0v) is 14.9. The van der Waals surface area contributed by atoms with E-state index in [0.717, 1.165) is 27.2 Å². The lowest BCUT2D eigenvalue weighted by Crippen LogP contribution is -2.23. The van der Waals surface area contributed by atoms with Crippen LogP contribution in [-0.2, 0) is 0 Å². The average Bonchev–Trinajstić information content (AvgIpc) is 2.94. The molecule has 4 rings (SSSR count). The van der Waals surface area contributed by atoms with Crippen molar-refractivity contribution in [3.05, 3.63) is 52.9 Å². The van der Waals surface area contributed by atoms with E-state index in [1.54, 1.807) is 12.1 Å². The molecule has 5 heteroatoms. The number of imidazole rings is 1. The average molecular weight is 388 g/mol. The molecule has 0 saturated heterocycles. The van der Waals surface area contributed by atoms with Gasteiger partial charge in [0.1, 0.15) is 23.0 Å². The second kappa shape index (κ2) is 6.55. The minimum atomic E-state index is -0.241. The van der Waals surface area contributed by atoms with Crippen molar-refractivity contribution < 1.29 is 4.39 Å². The lowest BCUT2D eigenvalue weighted by molar-refractivity contribution is 0.462. The van der Waals surface area contributed by atoms with E-state index < -0.39 is 0 Å². The highest BCUT2D eigenvalue weighted by molar-refractivity contribution is 9.10. The number of hydrogen-bond donors (Lipinski definition) is 1. The van der Waals surface area contributed by atoms with E-state index in [4.69, 9.17) is 4.98 Å². The number of nitrogens with one attached hydrogen (secondary N) is 1. The van der Waals surface area contributed by atoms with Crippen LogP contribution in [0.4, 0.5) is 10.2 Å². The molecule has 0 spiro atoms. The smallest absolute Gasteiger partial charge is 0.139 e. The predicted octanol–water partition coefficient (Wildman–Crippen LogP) is 5.65. The van der Waals surface area contributed by atoms with Gasteiger partial charge in [-0.2, -0.15) is 0 Å². The molecular formula is C19H19BrFN3. The second-order valence-corrected chi connectivity index (χ2v) is 7.29. The number of anilines is 1. The standard InChI is InChI=1S/C19H19BrFN3/c20-14-9-10-17-23-18(13-5-4-6-15(21)11-13)19(24(17)12-14)22-16-7-2-1-3-8-16/h4-6,9-12,16,22H,1-3,7-8H2. The van der Waals surface area contributed by atoms with Gasteiger partial charge in [0.15, 0.2) is 0 Å². The minimum absolute atomic E-state index is 0.241. The Labute approximate surface area is 149 Å². The van der Waals surface area contributed by atoms with Gasteiger partial charge in [-0.1, -0.05) is 31.4 Å². The molecular weight excluding hydrogens is 369 g/mol. The minimum Gasteiger partial charge on any atom is -0.367 e. The van der Waals surface area contributed by atoms with Crippen LogP contribution in [0.3, 0.4) is 0 Å². The van der Waals surface area contributed by atoms with Gasteiger partial charge in [-0.05, 0) is 53.0 Å². The number of fused-ring (bicyclic) bond motifs is 1. The Hall–Kier alpha value is -1.88. The van der Waals surface area contributed by atoms with Gasteiger partial charge in [0.25, 0.3) is 0 Å². The number of benzene rings is 1. The summed E-state index contributed by atoms with van der Waals surface area (Å²) in [5, 5.41) is 3.67. The van der Waals surface area contributed by atoms with Crippen LogP contribution in [0.5, 0.6) is 0 Å². The fourth-order valence-electron chi connectivity index (χ4n) is 3.43. The molecule has 0 aliphatic heterocycles. The molecule has 3 aromatic rings. The number of aromatic nitrogens is 2. The SMILES string of the molecule is Fc1cccc(-c2nc3ccc(Br)cn3c2NC2CCCCC2)c1. The van der Waals surface area contributed by atoms with Crippen LogP contribution in [-0.4, -0.2) is 15.4 Å². The summed E-state index contributed by atoms with van der Waals surface area (Å²) in [6, 6.07) is 11.0. The van der Waals surface area contributed by atoms with Gasteiger partial charge in [-0.15, -0.1) is 0 Å². The van der Waals surface area contributed by atoms with Crippen molar-refractivity contribution in [1.29, 1.82) is 0 Å². The van der Waals surface area contributed by atoms with E-state index in [2.05, 4.69) is 25.6 Å². The first-order valence-corrected chi connectivity index (χ1v) is 9.20. The molecule has 124 valence electrons. The lowest BCUT2D eigenvalue weighted by atomic mass is 9.95. The quantitative estimate of drug-likeness (QED) is 0.629. The van der Waals surface area contributed by atoms with Crippen LogP contribution < -0.4 is 5.32 Å². The predicted molar refractivity (Wildman–Crippen MR) is 98.8 cm³/mol. The van der Waals surface area contributed by atoms with Crippen molar-refractivity contribution >= 4 is 27.4 Å². The van der Waals surface area contributed by atoms with E-state index in [1.807, 2.05) is 24.4 Å². The van der Waals surface area contributed by atoms with Gasteiger partial charge in [0.2, 0.25) is 0 Å². The highest BCUT2D eigenvalue weighted by Gasteiger charge is 2.20. The molecule has 1 aliphatic rings. The molecule has 2 aromatic heterocycles. The number of hydrogen-bond acceptors (Lipinski definition) is 2. The van der Waals surface area contributed by atoms with Crippen LogP contribution in [0, 0.1) is 5.82 Å². The summed E-state index contributed by atoms with van der Waals surface area (Å²) in [6.07, 6.45) is 8.18. The Kier molecular flexibility index (Phi) is 4.27. The van der Waals surface area contributed by atoms with E-state index in [-0.39, 0.29) is 5.82 Å². The number of pyridine rings is 1. The fraction of sp³-hybridized carbons (Fsp3) is 0.316. The molecule has 1 N–H and O–H groups in total. The summed E-state index contributed by atoms with van der Waals surface area (Å²) in [4.78, 5) is 4.74. The molecule has 1 fully saturated rings. The fourth-order valence-corrected chi connectivity index (χ4v) is 3.77. The van der Waals surface area contributed by atoms with Crippen molar-refractivity contribution in [2.45, 2.75) is 38.1 Å². The molecule has 0 amide bonds. The van der Waals surface area contributed by atoms with Gasteiger partial charge >= 0.3 is 0 Å². The normalized spacial score (nSPS) is 15.8. The van der Waals surface area contributed by atoms with Crippen molar-refractivity contribution in [3.63, 3.8) is 0 Å². The first-order chi connectivity index (χ1) is 11.7. The third kappa shape index (κ3) is 3.05. The van der Waals surface area contributed by atoms with E-state index >= 15 is 0 Å². The van der Waals surface area contributed by atoms with Crippen molar-refractivity contribution in [2.75, 3.05) is 5.32 Å². The molecule has 1 saturated carbocycles. The van der Waals surface area contributed by atoms with Crippen molar-refractivity contribution in [1.82, 2.24) is 9.38 Å². The third-order valence-electron chi connectivity index (χ3n) is 4.63. The monoisotopic (exact) mass is 387 g/mol. The van der Waals surface area contributed by atoms with E-state index in [9.17, 15) is 4.39 Å². The molecule has 0 unspecified atom stereocenters. The first-order valence-electron chi connectivity index (χ1n) is 8.41. The van der Waals surface area contributed by atoms with Crippen molar-refractivity contribution in [3.8, 4) is 11.3 Å². The van der Waals surface area contributed by atoms with Crippen LogP contribution in [0.15, 0.2) is 47.1 Å². The number of rotatable bonds is 3. The Bertz CT molecular complexity index is 868. The topological polar surface area (TPSA) is 29.3 Å². The van der Waals surface area contributed by atoms with Crippen LogP contribution >= 0.6 is 15.9 Å². The maximum absolute atomic E-state index is 13.7. The summed E-state index contributed by atoms with van der Waals surface area (Å²) in [6.45, 7) is 0. The molecule has 1 aliphatic carbocycles. The summed E-state index contributed by atoms with van der Waals surface area (Å²) >= 11 is 3.53. The summed E-state index contributed by atoms with van der Waals surface area (Å²) in [5.74, 6) is 0.707. The van der Waals surface area contributed by atoms with Gasteiger partial charge in [0.05, 0.1) is 0 Å². The Morgan fingerprint density at radius 1 is 1.12 bits per heavy atom. The maximum Gasteiger partial charge on any atom is 0.139 e. The molecule has 1 aromatic carbocycles. The maximum atomic E-state index is 13.7. The number of halogens is 2. The largest absolute Gasteiger partial charge is 0.367 e. The third-order valence-corrected chi connectivity index (χ3v) is 5.10. The first kappa shape index (κ1) is 15.6. The molecule has 0 atom stereocenters. The molecule has 2 heterocycles. The summed E-state index contributed by atoms with van der Waals surface area (Å²) < 4.78 is 16.7. The van der Waals surface area contributed by atoms with E-state index in [0.29, 0.717) is 6.04 Å². The van der Waals surface area contributed by atoms with Crippen molar-refractivity contribution in [2.24, 2.45) is 0 Å². The Balaban J connectivity index is 1.83. The zero-order valence-electron chi connectivity index (χ0n) is 13.3. The highest BCUT2D eigenvalue weighted by atomic mass is 79.9. The summed E-state index contributed by atoms with van der Waals surface area (Å²) in [7, 11) is 0. The molecule has 24 heavy (non-hydrogen) atoms. The molecule has 3 nitrogen and oxygen atoms in total.